The van der Waals surface area contributed by atoms with E-state index in [4.69, 9.17) is 17.2 Å². The van der Waals surface area contributed by atoms with Gasteiger partial charge in [0.25, 0.3) is 0 Å². The largest absolute Gasteiger partial charge is 0.343 e. The summed E-state index contributed by atoms with van der Waals surface area (Å²) in [6.07, 6.45) is 8.18. The van der Waals surface area contributed by atoms with Gasteiger partial charge in [0.15, 0.2) is 0 Å². The second kappa shape index (κ2) is 41.9. The van der Waals surface area contributed by atoms with E-state index in [2.05, 4.69) is 54.8 Å². The van der Waals surface area contributed by atoms with Gasteiger partial charge in [0.2, 0.25) is 59.1 Å². The lowest BCUT2D eigenvalue weighted by molar-refractivity contribution is -0.143. The number of nitrogens with two attached hydrogens (primary N) is 3. The molecule has 15 N–H and O–H groups in total. The van der Waals surface area contributed by atoms with Gasteiger partial charge in [-0.25, -0.2) is 0 Å². The molecule has 12 atom stereocenters. The number of benzene rings is 2. The minimum absolute atomic E-state index is 0.00119. The first kappa shape index (κ1) is 81.3. The highest BCUT2D eigenvalue weighted by molar-refractivity contribution is 6.00. The van der Waals surface area contributed by atoms with Gasteiger partial charge in [0, 0.05) is 38.4 Å². The van der Waals surface area contributed by atoms with Crippen molar-refractivity contribution in [2.75, 3.05) is 32.7 Å². The average molecular weight is 1370 g/mol. The predicted molar refractivity (Wildman–Crippen MR) is 378 cm³/mol. The van der Waals surface area contributed by atoms with Crippen LogP contribution in [0.5, 0.6) is 0 Å². The Balaban J connectivity index is 1.66. The van der Waals surface area contributed by atoms with Crippen molar-refractivity contribution in [3.63, 3.8) is 0 Å². The first-order valence-corrected chi connectivity index (χ1v) is 36.3. The van der Waals surface area contributed by atoms with Gasteiger partial charge in [-0.2, -0.15) is 0 Å². The van der Waals surface area contributed by atoms with E-state index in [1.165, 1.54) is 9.80 Å². The molecule has 10 amide bonds. The molecule has 2 aromatic rings. The molecule has 3 fully saturated rings. The fraction of sp³-hybridized carbons (Fsp3) is 0.685. The SMILES string of the molecule is CCCCCCCC(=O)[C@H](CCCCN)N[C@@H]1C[C@H]2C(=O)N[C@@H](C(C)C)C(=O)N[C@@H](CCCN)C(=O)N[C@@H](CC(C)C)C(=O)N[C@H](Cc3ccccc3)C(=O)N3CCC[C@H]3C(=O)N[C@@H](C(C)C)C(=O)N[C@@H](CCCN)C(=O)N[C@@H](CC(C)C)C(=O)N[C@H](Cc3ccccc3)C(=O)N2C1. The molecule has 546 valence electrons. The summed E-state index contributed by atoms with van der Waals surface area (Å²) >= 11 is 0. The molecule has 0 unspecified atom stereocenters. The smallest absolute Gasteiger partial charge is 0.246 e. The molecular weight excluding hydrogens is 1250 g/mol. The van der Waals surface area contributed by atoms with Gasteiger partial charge in [0.1, 0.15) is 66.2 Å². The summed E-state index contributed by atoms with van der Waals surface area (Å²) in [5, 5.41) is 26.7. The molecular formula is C73H118N14O11. The molecule has 0 saturated carbocycles. The summed E-state index contributed by atoms with van der Waals surface area (Å²) in [5.74, 6) is -8.41. The van der Waals surface area contributed by atoms with Crippen molar-refractivity contribution in [1.82, 2.24) is 57.7 Å². The lowest BCUT2D eigenvalue weighted by Crippen LogP contribution is -2.62. The van der Waals surface area contributed by atoms with Crippen LogP contribution in [0, 0.1) is 23.7 Å². The van der Waals surface area contributed by atoms with Crippen molar-refractivity contribution in [2.45, 2.75) is 263 Å². The molecule has 25 nitrogen and oxygen atoms in total. The van der Waals surface area contributed by atoms with Gasteiger partial charge >= 0.3 is 0 Å². The number of unbranched alkanes of at least 4 members (excludes halogenated alkanes) is 5. The van der Waals surface area contributed by atoms with Crippen molar-refractivity contribution in [2.24, 2.45) is 40.9 Å². The maximum atomic E-state index is 15.8. The fourth-order valence-corrected chi connectivity index (χ4v) is 13.2. The molecule has 5 rings (SSSR count). The van der Waals surface area contributed by atoms with Crippen LogP contribution in [0.1, 0.15) is 189 Å². The lowest BCUT2D eigenvalue weighted by Gasteiger charge is -2.33. The summed E-state index contributed by atoms with van der Waals surface area (Å²) < 4.78 is 0. The van der Waals surface area contributed by atoms with Crippen molar-refractivity contribution in [3.8, 4) is 0 Å². The van der Waals surface area contributed by atoms with Crippen LogP contribution < -0.4 is 65.1 Å². The Morgan fingerprint density at radius 1 is 0.480 bits per heavy atom. The monoisotopic (exact) mass is 1370 g/mol. The second-order valence-corrected chi connectivity index (χ2v) is 28.6. The molecule has 2 aromatic carbocycles. The van der Waals surface area contributed by atoms with Gasteiger partial charge in [-0.15, -0.1) is 0 Å². The minimum atomic E-state index is -1.35. The van der Waals surface area contributed by atoms with Crippen LogP contribution in [0.15, 0.2) is 60.7 Å². The van der Waals surface area contributed by atoms with E-state index < -0.39 is 143 Å². The van der Waals surface area contributed by atoms with Crippen molar-refractivity contribution >= 4 is 64.9 Å². The molecule has 98 heavy (non-hydrogen) atoms. The van der Waals surface area contributed by atoms with E-state index in [1.54, 1.807) is 82.3 Å². The predicted octanol–water partition coefficient (Wildman–Crippen LogP) is 3.22. The number of fused-ring (bicyclic) bond motifs is 2. The molecule has 0 radical (unpaired) electrons. The van der Waals surface area contributed by atoms with E-state index >= 15 is 19.2 Å². The average Bonchev–Trinajstić information content (AvgIpc) is 1.63. The quantitative estimate of drug-likeness (QED) is 0.0521. The number of carbonyl (C=O) groups is 11. The molecule has 0 aromatic heterocycles. The zero-order valence-corrected chi connectivity index (χ0v) is 59.8. The van der Waals surface area contributed by atoms with E-state index in [0.29, 0.717) is 56.2 Å². The number of amides is 10. The molecule has 3 aliphatic rings. The number of hydrogen-bond acceptors (Lipinski definition) is 15. The van der Waals surface area contributed by atoms with Crippen LogP contribution in [-0.2, 0) is 65.6 Å². The van der Waals surface area contributed by atoms with Crippen molar-refractivity contribution in [1.29, 1.82) is 0 Å². The van der Waals surface area contributed by atoms with Crippen LogP contribution in [-0.4, -0.2) is 180 Å². The summed E-state index contributed by atoms with van der Waals surface area (Å²) in [4.78, 5) is 167. The van der Waals surface area contributed by atoms with Gasteiger partial charge in [-0.1, -0.05) is 155 Å². The standard InChI is InChI=1S/C73H118N14O11/c1-10-11-12-13-20-34-61(88)52(30-21-22-35-74)77-51-43-60-69(94)85-63(48(8)9)71(96)79-54(32-24-37-76)65(90)80-55(39-45(2)3)66(91)82-57(41-49-26-16-14-17-27-49)72(97)86-38-25-33-59(86)68(93)84-62(47(6)7)70(95)78-53(31-23-36-75)64(89)81-56(40-46(4)5)67(92)83-58(73(98)87(60)44-51)42-50-28-18-15-19-29-50/h14-19,26-29,45-48,51-60,62-63,77H,10-13,20-25,30-44,74-76H2,1-9H3,(H,78,95)(H,79,96)(H,80,90)(H,81,89)(H,82,91)(H,83,92)(H,84,93)(H,85,94)/t51-,52+,53+,54+,55+,56+,57-,58-,59+,60+,62+,63+/m1/s1. The third-order valence-electron chi connectivity index (χ3n) is 18.7. The summed E-state index contributed by atoms with van der Waals surface area (Å²) in [5.41, 5.74) is 19.3. The van der Waals surface area contributed by atoms with Crippen molar-refractivity contribution < 1.29 is 52.7 Å². The lowest BCUT2D eigenvalue weighted by atomic mass is 9.98. The molecule has 25 heteroatoms. The fourth-order valence-electron chi connectivity index (χ4n) is 13.2. The normalized spacial score (nSPS) is 25.2. The summed E-state index contributed by atoms with van der Waals surface area (Å²) in [7, 11) is 0. The zero-order valence-electron chi connectivity index (χ0n) is 59.8. The third kappa shape index (κ3) is 25.7. The van der Waals surface area contributed by atoms with Gasteiger partial charge in [-0.05, 0) is 131 Å². The zero-order chi connectivity index (χ0) is 72.0. The number of Topliss-reactive ketones (excluding diaryl/α,β-unsaturated/α-hetero) is 1. The van der Waals surface area contributed by atoms with E-state index in [1.807, 2.05) is 33.8 Å². The van der Waals surface area contributed by atoms with Crippen LogP contribution >= 0.6 is 0 Å². The number of carbonyl (C=O) groups excluding carboxylic acids is 11. The van der Waals surface area contributed by atoms with Crippen LogP contribution in [0.2, 0.25) is 0 Å². The highest BCUT2D eigenvalue weighted by Gasteiger charge is 2.46. The Hall–Kier alpha value is -7.35. The molecule has 0 spiro atoms. The third-order valence-corrected chi connectivity index (χ3v) is 18.7. The Bertz CT molecular complexity index is 2900. The number of nitrogens with zero attached hydrogens (tertiary/aromatic N) is 2. The minimum Gasteiger partial charge on any atom is -0.343 e. The molecule has 3 saturated heterocycles. The summed E-state index contributed by atoms with van der Waals surface area (Å²) in [6, 6.07) is 4.15. The van der Waals surface area contributed by atoms with Crippen LogP contribution in [0.4, 0.5) is 0 Å². The molecule has 0 aliphatic carbocycles. The Morgan fingerprint density at radius 3 is 1.36 bits per heavy atom. The van der Waals surface area contributed by atoms with E-state index in [-0.39, 0.29) is 108 Å². The summed E-state index contributed by atoms with van der Waals surface area (Å²) in [6.45, 7) is 17.2. The highest BCUT2D eigenvalue weighted by Crippen LogP contribution is 2.26. The number of ketones is 1. The number of rotatable bonds is 29. The Morgan fingerprint density at radius 2 is 0.908 bits per heavy atom. The van der Waals surface area contributed by atoms with E-state index in [0.717, 1.165) is 25.7 Å². The van der Waals surface area contributed by atoms with Crippen molar-refractivity contribution in [3.05, 3.63) is 71.8 Å². The first-order chi connectivity index (χ1) is 46.8. The maximum absolute atomic E-state index is 15.8. The second-order valence-electron chi connectivity index (χ2n) is 28.6. The highest BCUT2D eigenvalue weighted by atomic mass is 16.2. The Labute approximate surface area is 581 Å². The first-order valence-electron chi connectivity index (χ1n) is 36.3. The van der Waals surface area contributed by atoms with Crippen LogP contribution in [0.3, 0.4) is 0 Å². The Kier molecular flexibility index (Phi) is 34.8. The molecule has 0 bridgehead atoms. The van der Waals surface area contributed by atoms with E-state index in [9.17, 15) is 33.6 Å². The number of nitrogens with one attached hydrogen (secondary N) is 9. The van der Waals surface area contributed by atoms with Gasteiger partial charge < -0.3 is 74.9 Å². The molecule has 3 aliphatic heterocycles. The topological polar surface area (TPSA) is 381 Å². The number of hydrogen-bond donors (Lipinski definition) is 12. The van der Waals surface area contributed by atoms with Crippen LogP contribution in [0.25, 0.3) is 0 Å². The van der Waals surface area contributed by atoms with Gasteiger partial charge in [-0.3, -0.25) is 52.7 Å². The molecule has 3 heterocycles. The maximum Gasteiger partial charge on any atom is 0.246 e. The van der Waals surface area contributed by atoms with Gasteiger partial charge in [0.05, 0.1) is 6.04 Å².